The predicted molar refractivity (Wildman–Crippen MR) is 153 cm³/mol. The average molecular weight is 622 g/mol. The first-order chi connectivity index (χ1) is 11.1. The van der Waals surface area contributed by atoms with Gasteiger partial charge in [-0.25, -0.2) is 0 Å². The quantitative estimate of drug-likeness (QED) is 0.205. The molecule has 0 aromatic rings. The Bertz CT molecular complexity index is 284. The van der Waals surface area contributed by atoms with Crippen molar-refractivity contribution >= 4 is 48.4 Å². The van der Waals surface area contributed by atoms with E-state index in [-0.39, 0.29) is 40.8 Å². The Morgan fingerprint density at radius 3 is 0.321 bits per heavy atom. The van der Waals surface area contributed by atoms with E-state index in [0.29, 0.717) is 0 Å². The summed E-state index contributed by atoms with van der Waals surface area (Å²) in [6.45, 7) is 43.3. The van der Waals surface area contributed by atoms with Gasteiger partial charge in [-0.2, -0.15) is 0 Å². The molecule has 1 radical (unpaired) electrons. The van der Waals surface area contributed by atoms with Crippen LogP contribution < -0.4 is 0 Å². The number of hydrogen-bond acceptors (Lipinski definition) is 0. The Morgan fingerprint density at radius 1 is 0.250 bits per heavy atom. The molecular formula is C21H57NdSi6. The summed E-state index contributed by atoms with van der Waals surface area (Å²) in [6.07, 6.45) is 0. The molecule has 0 spiro atoms. The van der Waals surface area contributed by atoms with Gasteiger partial charge >= 0.3 is 40.8 Å². The molecule has 0 amide bonds. The predicted octanol–water partition coefficient (Wildman–Crippen LogP) is 8.84. The summed E-state index contributed by atoms with van der Waals surface area (Å²) in [5.41, 5.74) is 7.96. The van der Waals surface area contributed by atoms with E-state index in [1.54, 1.807) is 0 Å². The SMILES string of the molecule is C[Si](C)(C)[CH-][Si](C)(C)C.C[Si](C)(C)[CH-][Si](C)(C)C.C[Si](C)(C)[CH-][Si](C)(C)C.[Nd+3]. The monoisotopic (exact) mass is 619 g/mol. The third-order valence-corrected chi connectivity index (χ3v) is 23.4. The Morgan fingerprint density at radius 2 is 0.321 bits per heavy atom. The third-order valence-electron chi connectivity index (χ3n) is 2.60. The zero-order valence-corrected chi connectivity index (χ0v) is 32.4. The molecule has 0 rings (SSSR count). The van der Waals surface area contributed by atoms with E-state index in [1.165, 1.54) is 0 Å². The fourth-order valence-corrected chi connectivity index (χ4v) is 35.1. The first-order valence-corrected chi connectivity index (χ1v) is 32.2. The topological polar surface area (TPSA) is 0 Å². The number of rotatable bonds is 6. The molecule has 0 aromatic heterocycles. The third kappa shape index (κ3) is 51.4. The summed E-state index contributed by atoms with van der Waals surface area (Å²) in [7, 11) is -5.14. The van der Waals surface area contributed by atoms with Crippen molar-refractivity contribution < 1.29 is 40.8 Å². The molecule has 0 aliphatic rings. The molecule has 0 saturated heterocycles. The molecule has 0 N–H and O–H groups in total. The maximum atomic E-state index is 2.65. The van der Waals surface area contributed by atoms with Gasteiger partial charge in [0.15, 0.2) is 0 Å². The molecule has 0 aliphatic carbocycles. The van der Waals surface area contributed by atoms with Crippen molar-refractivity contribution in [2.75, 3.05) is 0 Å². The van der Waals surface area contributed by atoms with Crippen molar-refractivity contribution in [3.8, 4) is 0 Å². The van der Waals surface area contributed by atoms with Gasteiger partial charge in [-0.05, 0) is 0 Å². The van der Waals surface area contributed by atoms with Gasteiger partial charge in [0.05, 0.1) is 0 Å². The molecule has 169 valence electrons. The number of hydrogen-bond donors (Lipinski definition) is 0. The van der Waals surface area contributed by atoms with Crippen LogP contribution in [0.1, 0.15) is 0 Å². The fourth-order valence-electron chi connectivity index (χ4n) is 3.90. The minimum atomic E-state index is -0.856. The fraction of sp³-hybridized carbons (Fsp3) is 0.857. The van der Waals surface area contributed by atoms with E-state index in [2.05, 4.69) is 135 Å². The molecule has 0 bridgehead atoms. The van der Waals surface area contributed by atoms with Crippen molar-refractivity contribution in [2.24, 2.45) is 0 Å². The van der Waals surface area contributed by atoms with Crippen LogP contribution in [0.4, 0.5) is 0 Å². The van der Waals surface area contributed by atoms with Crippen LogP contribution in [0, 0.1) is 57.8 Å². The van der Waals surface area contributed by atoms with Crippen LogP contribution in [-0.4, -0.2) is 48.4 Å². The van der Waals surface area contributed by atoms with Crippen molar-refractivity contribution in [1.82, 2.24) is 0 Å². The molecule has 0 unspecified atom stereocenters. The summed E-state index contributed by atoms with van der Waals surface area (Å²) in [4.78, 5) is 0. The Kier molecular flexibility index (Phi) is 19.0. The van der Waals surface area contributed by atoms with Crippen LogP contribution in [0.2, 0.25) is 118 Å². The van der Waals surface area contributed by atoms with Gasteiger partial charge in [-0.3, -0.25) is 0 Å². The van der Waals surface area contributed by atoms with Gasteiger partial charge in [-0.15, -0.1) is 48.4 Å². The molecular weight excluding hydrogens is 565 g/mol. The van der Waals surface area contributed by atoms with Crippen LogP contribution in [0.15, 0.2) is 0 Å². The maximum absolute atomic E-state index is 2.65. The first kappa shape index (κ1) is 37.9. The van der Waals surface area contributed by atoms with E-state index < -0.39 is 48.4 Å². The minimum absolute atomic E-state index is 0. The molecule has 7 heteroatoms. The van der Waals surface area contributed by atoms with Gasteiger partial charge in [0.2, 0.25) is 0 Å². The Hall–Kier alpha value is 2.65. The summed E-state index contributed by atoms with van der Waals surface area (Å²) in [5, 5.41) is 0. The van der Waals surface area contributed by atoms with Gasteiger partial charge in [0, 0.05) is 0 Å². The normalized spacial score (nSPS) is 13.5. The summed E-state index contributed by atoms with van der Waals surface area (Å²) in [5.74, 6) is 0. The van der Waals surface area contributed by atoms with E-state index in [0.717, 1.165) is 0 Å². The zero-order valence-electron chi connectivity index (χ0n) is 23.2. The maximum Gasteiger partial charge on any atom is 3.00 e. The van der Waals surface area contributed by atoms with Gasteiger partial charge < -0.3 is 17.0 Å². The van der Waals surface area contributed by atoms with Crippen LogP contribution in [0.5, 0.6) is 0 Å². The molecule has 0 saturated carbocycles. The van der Waals surface area contributed by atoms with Crippen LogP contribution in [-0.2, 0) is 0 Å². The van der Waals surface area contributed by atoms with Crippen molar-refractivity contribution in [2.45, 2.75) is 118 Å². The molecule has 0 heterocycles. The second-order valence-electron chi connectivity index (χ2n) is 14.6. The summed E-state index contributed by atoms with van der Waals surface area (Å²) < 4.78 is 0. The van der Waals surface area contributed by atoms with Crippen molar-refractivity contribution in [3.63, 3.8) is 0 Å². The summed E-state index contributed by atoms with van der Waals surface area (Å²) in [6, 6.07) is 0. The molecule has 0 nitrogen and oxygen atoms in total. The van der Waals surface area contributed by atoms with E-state index >= 15 is 0 Å². The van der Waals surface area contributed by atoms with Gasteiger partial charge in [-0.1, -0.05) is 118 Å². The van der Waals surface area contributed by atoms with E-state index in [4.69, 9.17) is 0 Å². The van der Waals surface area contributed by atoms with Crippen molar-refractivity contribution in [1.29, 1.82) is 0 Å². The molecule has 0 aromatic carbocycles. The second kappa shape index (κ2) is 14.0. The van der Waals surface area contributed by atoms with Crippen molar-refractivity contribution in [3.05, 3.63) is 17.0 Å². The van der Waals surface area contributed by atoms with E-state index in [1.807, 2.05) is 0 Å². The van der Waals surface area contributed by atoms with Gasteiger partial charge in [0.1, 0.15) is 0 Å². The molecule has 0 atom stereocenters. The van der Waals surface area contributed by atoms with E-state index in [9.17, 15) is 0 Å². The second-order valence-corrected chi connectivity index (χ2v) is 46.5. The largest absolute Gasteiger partial charge is 3.00 e. The van der Waals surface area contributed by atoms with Gasteiger partial charge in [0.25, 0.3) is 0 Å². The van der Waals surface area contributed by atoms with Crippen LogP contribution >= 0.6 is 0 Å². The first-order valence-electron chi connectivity index (χ1n) is 10.7. The molecule has 0 fully saturated rings. The zero-order chi connectivity index (χ0) is 23.1. The molecule has 28 heavy (non-hydrogen) atoms. The summed E-state index contributed by atoms with van der Waals surface area (Å²) >= 11 is 0. The van der Waals surface area contributed by atoms with Crippen LogP contribution in [0.25, 0.3) is 0 Å². The standard InChI is InChI=1S/3C7H19Si2.Nd/c3*1-8(2,3)7-9(4,5)6;/h3*7H,1-6H3;/q3*-1;+3. The van der Waals surface area contributed by atoms with Crippen LogP contribution in [0.3, 0.4) is 0 Å². The minimum Gasteiger partial charge on any atom is -0.327 e. The average Bonchev–Trinajstić information content (AvgIpc) is 1.96. The molecule has 0 aliphatic heterocycles. The Labute approximate surface area is 221 Å². The Balaban J connectivity index is -0.000000152. The smallest absolute Gasteiger partial charge is 0.327 e.